The number of hydrogen-bond acceptors (Lipinski definition) is 7. The normalized spacial score (nSPS) is 13.5. The monoisotopic (exact) mass is 518 g/mol. The van der Waals surface area contributed by atoms with Gasteiger partial charge in [0.2, 0.25) is 5.91 Å². The molecule has 4 aromatic heterocycles. The summed E-state index contributed by atoms with van der Waals surface area (Å²) in [4.78, 5) is 21.5. The summed E-state index contributed by atoms with van der Waals surface area (Å²) in [6, 6.07) is 17.1. The van der Waals surface area contributed by atoms with Gasteiger partial charge in [-0.2, -0.15) is 15.5 Å². The molecule has 10 nitrogen and oxygen atoms in total. The van der Waals surface area contributed by atoms with Gasteiger partial charge in [0.1, 0.15) is 17.6 Å². The predicted octanol–water partition coefficient (Wildman–Crippen LogP) is 3.27. The van der Waals surface area contributed by atoms with Crippen molar-refractivity contribution in [3.05, 3.63) is 84.4 Å². The summed E-state index contributed by atoms with van der Waals surface area (Å²) >= 11 is 0. The van der Waals surface area contributed by atoms with Crippen LogP contribution >= 0.6 is 0 Å². The fourth-order valence-corrected chi connectivity index (χ4v) is 4.98. The highest BCUT2D eigenvalue weighted by Gasteiger charge is 2.23. The van der Waals surface area contributed by atoms with Crippen molar-refractivity contribution in [2.24, 2.45) is 7.05 Å². The lowest BCUT2D eigenvalue weighted by Crippen LogP contribution is -2.49. The van der Waals surface area contributed by atoms with Crippen LogP contribution < -0.4 is 4.90 Å². The van der Waals surface area contributed by atoms with E-state index in [0.717, 1.165) is 33.7 Å². The second kappa shape index (κ2) is 9.95. The molecule has 0 spiro atoms. The number of carbonyl (C=O) groups excluding carboxylic acids is 1. The number of benzene rings is 1. The summed E-state index contributed by atoms with van der Waals surface area (Å²) in [6.07, 6.45) is 7.34. The van der Waals surface area contributed by atoms with Crippen molar-refractivity contribution in [2.45, 2.75) is 6.42 Å². The number of hydrogen-bond donors (Lipinski definition) is 1. The Balaban J connectivity index is 1.21. The zero-order chi connectivity index (χ0) is 26.9. The van der Waals surface area contributed by atoms with Gasteiger partial charge in [-0.25, -0.2) is 9.50 Å². The molecule has 10 heteroatoms. The van der Waals surface area contributed by atoms with Gasteiger partial charge in [-0.3, -0.25) is 9.48 Å². The number of aromatic hydroxyl groups is 1. The van der Waals surface area contributed by atoms with E-state index in [4.69, 9.17) is 4.98 Å². The largest absolute Gasteiger partial charge is 0.508 e. The van der Waals surface area contributed by atoms with Crippen molar-refractivity contribution in [2.75, 3.05) is 31.1 Å². The number of phenolic OH excluding ortho intramolecular Hbond substituents is 1. The first kappa shape index (κ1) is 24.2. The molecule has 0 atom stereocenters. The van der Waals surface area contributed by atoms with E-state index < -0.39 is 0 Å². The third-order valence-electron chi connectivity index (χ3n) is 7.09. The van der Waals surface area contributed by atoms with Crippen LogP contribution in [0.25, 0.3) is 27.9 Å². The number of piperazine rings is 1. The molecule has 0 bridgehead atoms. The summed E-state index contributed by atoms with van der Waals surface area (Å²) in [6.45, 7) is 2.51. The number of pyridine rings is 2. The molecule has 1 aromatic carbocycles. The number of nitriles is 1. The summed E-state index contributed by atoms with van der Waals surface area (Å²) in [5, 5.41) is 28.6. The lowest BCUT2D eigenvalue weighted by Gasteiger charge is -2.35. The highest BCUT2D eigenvalue weighted by molar-refractivity contribution is 5.87. The highest BCUT2D eigenvalue weighted by Crippen LogP contribution is 2.32. The van der Waals surface area contributed by atoms with Crippen LogP contribution in [0.1, 0.15) is 11.1 Å². The summed E-state index contributed by atoms with van der Waals surface area (Å²) in [5.41, 5.74) is 5.28. The molecule has 5 heterocycles. The Hall–Kier alpha value is -5.17. The minimum absolute atomic E-state index is 0.00497. The van der Waals surface area contributed by atoms with E-state index in [9.17, 15) is 15.2 Å². The Morgan fingerprint density at radius 3 is 2.56 bits per heavy atom. The molecule has 1 saturated heterocycles. The van der Waals surface area contributed by atoms with Crippen LogP contribution in [0.3, 0.4) is 0 Å². The molecule has 1 aliphatic rings. The van der Waals surface area contributed by atoms with Gasteiger partial charge in [0.05, 0.1) is 29.4 Å². The zero-order valence-electron chi connectivity index (χ0n) is 21.4. The molecule has 1 N–H and O–H groups in total. The molecule has 1 fully saturated rings. The van der Waals surface area contributed by atoms with Gasteiger partial charge in [0, 0.05) is 74.1 Å². The minimum atomic E-state index is 0.00497. The molecule has 0 saturated carbocycles. The van der Waals surface area contributed by atoms with Gasteiger partial charge in [-0.1, -0.05) is 18.2 Å². The molecule has 5 aromatic rings. The number of para-hydroxylation sites is 1. The van der Waals surface area contributed by atoms with Crippen molar-refractivity contribution in [1.29, 1.82) is 5.26 Å². The summed E-state index contributed by atoms with van der Waals surface area (Å²) in [5.74, 6) is 0.984. The van der Waals surface area contributed by atoms with E-state index in [1.54, 1.807) is 33.6 Å². The van der Waals surface area contributed by atoms with E-state index >= 15 is 0 Å². The Kier molecular flexibility index (Phi) is 6.17. The fourth-order valence-electron chi connectivity index (χ4n) is 4.98. The van der Waals surface area contributed by atoms with Crippen molar-refractivity contribution in [3.8, 4) is 34.2 Å². The predicted molar refractivity (Wildman–Crippen MR) is 146 cm³/mol. The SMILES string of the molecule is Cn1ccc(-c2cc(-c3ccc(N4CCN(C(=O)Cc5ccccc5O)CC4)nc3)c3c(C#N)cnn3c2)n1. The average molecular weight is 519 g/mol. The topological polar surface area (TPSA) is 116 Å². The minimum Gasteiger partial charge on any atom is -0.508 e. The van der Waals surface area contributed by atoms with Crippen LogP contribution in [-0.2, 0) is 18.3 Å². The van der Waals surface area contributed by atoms with Crippen LogP contribution in [-0.4, -0.2) is 66.5 Å². The number of aromatic nitrogens is 5. The molecule has 0 radical (unpaired) electrons. The number of carbonyl (C=O) groups is 1. The molecular formula is C29H26N8O2. The highest BCUT2D eigenvalue weighted by atomic mass is 16.3. The quantitative estimate of drug-likeness (QED) is 0.380. The number of fused-ring (bicyclic) bond motifs is 1. The third-order valence-corrected chi connectivity index (χ3v) is 7.09. The molecule has 6 rings (SSSR count). The lowest BCUT2D eigenvalue weighted by molar-refractivity contribution is -0.130. The molecule has 194 valence electrons. The molecule has 1 aliphatic heterocycles. The van der Waals surface area contributed by atoms with Crippen molar-refractivity contribution < 1.29 is 9.90 Å². The van der Waals surface area contributed by atoms with Crippen molar-refractivity contribution in [1.82, 2.24) is 29.3 Å². The van der Waals surface area contributed by atoms with E-state index in [-0.39, 0.29) is 18.1 Å². The van der Waals surface area contributed by atoms with Crippen LogP contribution in [0.4, 0.5) is 5.82 Å². The Morgan fingerprint density at radius 1 is 1.05 bits per heavy atom. The molecule has 39 heavy (non-hydrogen) atoms. The van der Waals surface area contributed by atoms with Crippen molar-refractivity contribution >= 4 is 17.2 Å². The van der Waals surface area contributed by atoms with Gasteiger partial charge in [-0.15, -0.1) is 0 Å². The average Bonchev–Trinajstić information content (AvgIpc) is 3.60. The Bertz CT molecular complexity index is 1710. The maximum atomic E-state index is 12.8. The van der Waals surface area contributed by atoms with Crippen LogP contribution in [0.15, 0.2) is 73.3 Å². The van der Waals surface area contributed by atoms with E-state index in [1.165, 1.54) is 0 Å². The number of rotatable bonds is 5. The molecule has 0 unspecified atom stereocenters. The first-order valence-electron chi connectivity index (χ1n) is 12.7. The number of anilines is 1. The second-order valence-electron chi connectivity index (χ2n) is 9.56. The maximum Gasteiger partial charge on any atom is 0.227 e. The maximum absolute atomic E-state index is 12.8. The zero-order valence-corrected chi connectivity index (χ0v) is 21.4. The van der Waals surface area contributed by atoms with Gasteiger partial charge in [0.15, 0.2) is 0 Å². The second-order valence-corrected chi connectivity index (χ2v) is 9.56. The van der Waals surface area contributed by atoms with Crippen molar-refractivity contribution in [3.63, 3.8) is 0 Å². The van der Waals surface area contributed by atoms with Gasteiger partial charge in [-0.05, 0) is 30.3 Å². The molecular weight excluding hydrogens is 492 g/mol. The Labute approximate surface area is 225 Å². The standard InChI is InChI=1S/C29H26N8O2/c1-34-9-8-25(33-34)22-14-24(29-23(16-30)18-32-37(29)19-22)21-6-7-27(31-17-21)35-10-12-36(13-11-35)28(39)15-20-4-2-3-5-26(20)38/h2-9,14,17-19,38H,10-13,15H2,1H3. The van der Waals surface area contributed by atoms with Crippen LogP contribution in [0.2, 0.25) is 0 Å². The smallest absolute Gasteiger partial charge is 0.227 e. The van der Waals surface area contributed by atoms with Gasteiger partial charge in [0.25, 0.3) is 0 Å². The van der Waals surface area contributed by atoms with E-state index in [1.807, 2.05) is 60.9 Å². The van der Waals surface area contributed by atoms with E-state index in [0.29, 0.717) is 37.3 Å². The first-order chi connectivity index (χ1) is 19.0. The van der Waals surface area contributed by atoms with Crippen LogP contribution in [0.5, 0.6) is 5.75 Å². The number of amides is 1. The third kappa shape index (κ3) is 4.66. The number of nitrogens with zero attached hydrogens (tertiary/aromatic N) is 8. The lowest BCUT2D eigenvalue weighted by atomic mass is 10.0. The number of aryl methyl sites for hydroxylation is 1. The number of phenols is 1. The Morgan fingerprint density at radius 2 is 1.87 bits per heavy atom. The first-order valence-corrected chi connectivity index (χ1v) is 12.7. The fraction of sp³-hybridized carbons (Fsp3) is 0.207. The molecule has 0 aliphatic carbocycles. The van der Waals surface area contributed by atoms with E-state index in [2.05, 4.69) is 21.2 Å². The summed E-state index contributed by atoms with van der Waals surface area (Å²) < 4.78 is 3.47. The summed E-state index contributed by atoms with van der Waals surface area (Å²) in [7, 11) is 1.87. The molecule has 1 amide bonds. The van der Waals surface area contributed by atoms with Crippen LogP contribution in [0, 0.1) is 11.3 Å². The van der Waals surface area contributed by atoms with Gasteiger partial charge >= 0.3 is 0 Å². The van der Waals surface area contributed by atoms with Gasteiger partial charge < -0.3 is 14.9 Å².